The Kier molecular flexibility index (Phi) is 7.31. The molecule has 0 aromatic carbocycles. The molecule has 105 valence electrons. The highest BCUT2D eigenvalue weighted by Crippen LogP contribution is 2.11. The normalized spacial score (nSPS) is 14.2. The third-order valence-corrected chi connectivity index (χ3v) is 1.94. The van der Waals surface area contributed by atoms with Gasteiger partial charge >= 0.3 is 12.1 Å². The van der Waals surface area contributed by atoms with Crippen LogP contribution in [-0.4, -0.2) is 31.1 Å². The van der Waals surface area contributed by atoms with Crippen molar-refractivity contribution in [3.8, 4) is 0 Å². The zero-order chi connectivity index (χ0) is 14.3. The number of alkyl halides is 1. The number of halogens is 1. The van der Waals surface area contributed by atoms with E-state index in [9.17, 15) is 14.0 Å². The van der Waals surface area contributed by atoms with Crippen LogP contribution in [0.15, 0.2) is 0 Å². The summed E-state index contributed by atoms with van der Waals surface area (Å²) in [5, 5.41) is 2.18. The Balaban J connectivity index is 4.27. The van der Waals surface area contributed by atoms with Crippen molar-refractivity contribution in [3.05, 3.63) is 6.92 Å². The molecule has 0 aliphatic carbocycles. The van der Waals surface area contributed by atoms with Gasteiger partial charge in [-0.05, 0) is 6.92 Å². The Bertz CT molecular complexity index is 279. The molecule has 0 aliphatic rings. The molecule has 0 aliphatic heterocycles. The summed E-state index contributed by atoms with van der Waals surface area (Å²) in [6.07, 6.45) is -3.23. The minimum atomic E-state index is -1.41. The van der Waals surface area contributed by atoms with Crippen LogP contribution in [0, 0.1) is 18.8 Å². The van der Waals surface area contributed by atoms with E-state index in [-0.39, 0.29) is 18.4 Å². The fourth-order valence-electron chi connectivity index (χ4n) is 0.888. The van der Waals surface area contributed by atoms with Gasteiger partial charge in [-0.15, -0.1) is 0 Å². The Morgan fingerprint density at radius 1 is 1.22 bits per heavy atom. The average Bonchev–Trinajstić information content (AvgIpc) is 2.24. The van der Waals surface area contributed by atoms with E-state index >= 15 is 0 Å². The molecule has 0 spiro atoms. The van der Waals surface area contributed by atoms with Gasteiger partial charge < -0.3 is 14.8 Å². The summed E-state index contributed by atoms with van der Waals surface area (Å²) in [4.78, 5) is 22.7. The van der Waals surface area contributed by atoms with E-state index in [1.165, 1.54) is 0 Å². The lowest BCUT2D eigenvalue weighted by Gasteiger charge is -2.22. The van der Waals surface area contributed by atoms with E-state index < -0.39 is 24.5 Å². The van der Waals surface area contributed by atoms with Gasteiger partial charge in [-0.2, -0.15) is 0 Å². The Labute approximate surface area is 107 Å². The van der Waals surface area contributed by atoms with Crippen LogP contribution in [0.5, 0.6) is 0 Å². The van der Waals surface area contributed by atoms with E-state index in [0.717, 1.165) is 0 Å². The largest absolute Gasteiger partial charge is 0.425 e. The van der Waals surface area contributed by atoms with Crippen molar-refractivity contribution in [2.24, 2.45) is 11.8 Å². The molecule has 2 atom stereocenters. The first-order chi connectivity index (χ1) is 8.23. The number of nitrogens with one attached hydrogen (secondary N) is 1. The molecule has 5 nitrogen and oxygen atoms in total. The van der Waals surface area contributed by atoms with Crippen molar-refractivity contribution < 1.29 is 23.5 Å². The van der Waals surface area contributed by atoms with Gasteiger partial charge in [0.15, 0.2) is 0 Å². The first-order valence-electron chi connectivity index (χ1n) is 5.86. The van der Waals surface area contributed by atoms with Crippen LogP contribution in [0.2, 0.25) is 0 Å². The molecule has 1 radical (unpaired) electrons. The number of rotatable bonds is 6. The second-order valence-corrected chi connectivity index (χ2v) is 4.59. The fourth-order valence-corrected chi connectivity index (χ4v) is 0.888. The minimum absolute atomic E-state index is 0.195. The monoisotopic (exact) mass is 262 g/mol. The summed E-state index contributed by atoms with van der Waals surface area (Å²) >= 11 is 0. The van der Waals surface area contributed by atoms with Crippen LogP contribution in [-0.2, 0) is 14.3 Å². The van der Waals surface area contributed by atoms with Gasteiger partial charge in [-0.25, -0.2) is 9.18 Å². The standard InChI is InChI=1S/C12H21FNO4/c1-7(2)10(15)17-11(8(3)4)18-12(16)14-6-9(5)13/h7-9,11H,5-6H2,1-4H3,(H,14,16)/t9-,11-/m1/s1. The summed E-state index contributed by atoms with van der Waals surface area (Å²) in [6, 6.07) is 0. The highest BCUT2D eigenvalue weighted by atomic mass is 19.1. The van der Waals surface area contributed by atoms with Crippen LogP contribution >= 0.6 is 0 Å². The summed E-state index contributed by atoms with van der Waals surface area (Å²) in [6.45, 7) is 9.66. The number of ether oxygens (including phenoxy) is 2. The highest BCUT2D eigenvalue weighted by molar-refractivity contribution is 5.72. The van der Waals surface area contributed by atoms with Gasteiger partial charge in [-0.3, -0.25) is 4.79 Å². The summed E-state index contributed by atoms with van der Waals surface area (Å²) in [5.41, 5.74) is 0. The van der Waals surface area contributed by atoms with Gasteiger partial charge in [0.25, 0.3) is 6.29 Å². The number of carbonyl (C=O) groups is 2. The van der Waals surface area contributed by atoms with Crippen molar-refractivity contribution in [1.82, 2.24) is 5.32 Å². The smallest absolute Gasteiger partial charge is 0.410 e. The van der Waals surface area contributed by atoms with Crippen LogP contribution in [0.3, 0.4) is 0 Å². The lowest BCUT2D eigenvalue weighted by atomic mass is 10.2. The number of hydrogen-bond acceptors (Lipinski definition) is 4. The Hall–Kier alpha value is -1.33. The van der Waals surface area contributed by atoms with Crippen molar-refractivity contribution in [2.75, 3.05) is 6.54 Å². The molecule has 1 amide bonds. The molecular weight excluding hydrogens is 241 g/mol. The molecule has 0 aromatic rings. The molecule has 18 heavy (non-hydrogen) atoms. The zero-order valence-corrected chi connectivity index (χ0v) is 11.2. The van der Waals surface area contributed by atoms with Gasteiger partial charge in [0.2, 0.25) is 0 Å². The van der Waals surface area contributed by atoms with Gasteiger partial charge in [0.1, 0.15) is 6.17 Å². The van der Waals surface area contributed by atoms with Gasteiger partial charge in [0.05, 0.1) is 12.5 Å². The molecule has 0 fully saturated rings. The van der Waals surface area contributed by atoms with Crippen molar-refractivity contribution in [3.63, 3.8) is 0 Å². The summed E-state index contributed by atoms with van der Waals surface area (Å²) < 4.78 is 22.3. The quantitative estimate of drug-likeness (QED) is 0.588. The molecule has 0 aromatic heterocycles. The minimum Gasteiger partial charge on any atom is -0.425 e. The van der Waals surface area contributed by atoms with E-state index in [0.29, 0.717) is 0 Å². The van der Waals surface area contributed by atoms with E-state index in [1.807, 2.05) is 0 Å². The Morgan fingerprint density at radius 3 is 2.17 bits per heavy atom. The molecule has 0 saturated heterocycles. The number of alkyl carbamates (subject to hydrolysis) is 1. The summed E-state index contributed by atoms with van der Waals surface area (Å²) in [7, 11) is 0. The first kappa shape index (κ1) is 16.7. The topological polar surface area (TPSA) is 64.6 Å². The maximum absolute atomic E-state index is 12.4. The third-order valence-electron chi connectivity index (χ3n) is 1.94. The van der Waals surface area contributed by atoms with Crippen molar-refractivity contribution in [1.29, 1.82) is 0 Å². The van der Waals surface area contributed by atoms with Gasteiger partial charge in [-0.1, -0.05) is 27.7 Å². The second-order valence-electron chi connectivity index (χ2n) is 4.59. The molecule has 6 heteroatoms. The molecule has 1 N–H and O–H groups in total. The number of esters is 1. The maximum atomic E-state index is 12.4. The number of carbonyl (C=O) groups excluding carboxylic acids is 2. The third kappa shape index (κ3) is 7.09. The molecular formula is C12H21FNO4. The molecule has 0 heterocycles. The lowest BCUT2D eigenvalue weighted by Crippen LogP contribution is -2.37. The van der Waals surface area contributed by atoms with Crippen LogP contribution < -0.4 is 5.32 Å². The predicted molar refractivity (Wildman–Crippen MR) is 64.3 cm³/mol. The molecule has 0 unspecified atom stereocenters. The SMILES string of the molecule is [CH2][C@@H](F)CNC(=O)O[C@@H](OC(=O)C(C)C)C(C)C. The van der Waals surface area contributed by atoms with E-state index in [1.54, 1.807) is 27.7 Å². The first-order valence-corrected chi connectivity index (χ1v) is 5.86. The second kappa shape index (κ2) is 7.89. The van der Waals surface area contributed by atoms with Crippen molar-refractivity contribution in [2.45, 2.75) is 40.2 Å². The van der Waals surface area contributed by atoms with Crippen LogP contribution in [0.1, 0.15) is 27.7 Å². The van der Waals surface area contributed by atoms with Crippen LogP contribution in [0.4, 0.5) is 9.18 Å². The van der Waals surface area contributed by atoms with E-state index in [4.69, 9.17) is 9.47 Å². The lowest BCUT2D eigenvalue weighted by molar-refractivity contribution is -0.178. The molecule has 0 saturated carbocycles. The average molecular weight is 262 g/mol. The predicted octanol–water partition coefficient (Wildman–Crippen LogP) is 2.07. The maximum Gasteiger partial charge on any atom is 0.410 e. The Morgan fingerprint density at radius 2 is 1.78 bits per heavy atom. The highest BCUT2D eigenvalue weighted by Gasteiger charge is 2.24. The molecule has 0 bridgehead atoms. The zero-order valence-electron chi connectivity index (χ0n) is 11.2. The van der Waals surface area contributed by atoms with Crippen molar-refractivity contribution >= 4 is 12.1 Å². The summed E-state index contributed by atoms with van der Waals surface area (Å²) in [5.74, 6) is -0.964. The molecule has 0 rings (SSSR count). The van der Waals surface area contributed by atoms with Crippen LogP contribution in [0.25, 0.3) is 0 Å². The fraction of sp³-hybridized carbons (Fsp3) is 0.750. The van der Waals surface area contributed by atoms with E-state index in [2.05, 4.69) is 12.2 Å². The van der Waals surface area contributed by atoms with Gasteiger partial charge in [0, 0.05) is 5.92 Å². The number of amides is 1. The number of hydrogen-bond donors (Lipinski definition) is 1.